The second-order valence-electron chi connectivity index (χ2n) is 13.9. The molecule has 0 spiro atoms. The van der Waals surface area contributed by atoms with Crippen LogP contribution in [-0.2, 0) is 0 Å². The largest absolute Gasteiger partial charge is 0.208 e. The highest BCUT2D eigenvalue weighted by Gasteiger charge is 2.21. The van der Waals surface area contributed by atoms with Crippen LogP contribution in [0.25, 0.3) is 108 Å². The Morgan fingerprint density at radius 3 is 1.52 bits per heavy atom. The molecule has 0 amide bonds. The van der Waals surface area contributed by atoms with Gasteiger partial charge < -0.3 is 0 Å². The number of nitrogens with zero attached hydrogens (tertiary/aromatic N) is 3. The summed E-state index contributed by atoms with van der Waals surface area (Å²) in [7, 11) is 0. The number of hydrogen-bond donors (Lipinski definition) is 0. The molecule has 0 saturated heterocycles. The van der Waals surface area contributed by atoms with Gasteiger partial charge in [-0.2, -0.15) is 0 Å². The third kappa shape index (κ3) is 5.60. The summed E-state index contributed by atoms with van der Waals surface area (Å²) in [6.45, 7) is 0. The van der Waals surface area contributed by atoms with E-state index in [0.717, 1.165) is 16.7 Å². The van der Waals surface area contributed by atoms with Crippen molar-refractivity contribution in [1.82, 2.24) is 15.0 Å². The molecule has 0 aliphatic heterocycles. The predicted octanol–water partition coefficient (Wildman–Crippen LogP) is 14.6. The first-order chi connectivity index (χ1) is 27.7. The molecule has 0 atom stereocenters. The Balaban J connectivity index is 1.14. The molecule has 262 valence electrons. The van der Waals surface area contributed by atoms with Gasteiger partial charge in [-0.25, -0.2) is 15.0 Å². The van der Waals surface area contributed by atoms with Gasteiger partial charge >= 0.3 is 0 Å². The molecule has 11 aromatic rings. The summed E-state index contributed by atoms with van der Waals surface area (Å²) >= 11 is 3.69. The van der Waals surface area contributed by atoms with Crippen molar-refractivity contribution in [1.29, 1.82) is 0 Å². The van der Waals surface area contributed by atoms with Crippen LogP contribution in [0.3, 0.4) is 0 Å². The molecule has 11 rings (SSSR count). The van der Waals surface area contributed by atoms with Gasteiger partial charge in [0.15, 0.2) is 17.5 Å². The van der Waals surface area contributed by atoms with Crippen LogP contribution >= 0.6 is 22.7 Å². The van der Waals surface area contributed by atoms with Crippen LogP contribution in [0.1, 0.15) is 0 Å². The van der Waals surface area contributed by atoms with Gasteiger partial charge in [0.2, 0.25) is 0 Å². The second kappa shape index (κ2) is 13.5. The van der Waals surface area contributed by atoms with Crippen molar-refractivity contribution in [2.75, 3.05) is 0 Å². The Labute approximate surface area is 331 Å². The Morgan fingerprint density at radius 2 is 0.786 bits per heavy atom. The van der Waals surface area contributed by atoms with Crippen LogP contribution in [-0.4, -0.2) is 15.0 Å². The molecule has 0 unspecified atom stereocenters. The minimum absolute atomic E-state index is 0.661. The number of rotatable bonds is 6. The highest BCUT2D eigenvalue weighted by atomic mass is 32.1. The highest BCUT2D eigenvalue weighted by molar-refractivity contribution is 7.27. The molecule has 0 fully saturated rings. The normalized spacial score (nSPS) is 11.6. The summed E-state index contributed by atoms with van der Waals surface area (Å²) < 4.78 is 4.99. The minimum atomic E-state index is 0.661. The molecule has 5 heteroatoms. The van der Waals surface area contributed by atoms with Crippen molar-refractivity contribution in [2.45, 2.75) is 0 Å². The van der Waals surface area contributed by atoms with Gasteiger partial charge in [0, 0.05) is 62.6 Å². The lowest BCUT2D eigenvalue weighted by Crippen LogP contribution is -2.00. The zero-order valence-corrected chi connectivity index (χ0v) is 31.7. The molecule has 3 aromatic heterocycles. The van der Waals surface area contributed by atoms with Crippen LogP contribution < -0.4 is 0 Å². The van der Waals surface area contributed by atoms with Gasteiger partial charge in [0.05, 0.1) is 0 Å². The maximum atomic E-state index is 5.13. The first kappa shape index (κ1) is 32.6. The van der Waals surface area contributed by atoms with E-state index in [4.69, 9.17) is 15.0 Å². The lowest BCUT2D eigenvalue weighted by Gasteiger charge is -2.12. The quantitative estimate of drug-likeness (QED) is 0.170. The number of benzene rings is 8. The maximum absolute atomic E-state index is 5.13. The lowest BCUT2D eigenvalue weighted by molar-refractivity contribution is 1.08. The molecular formula is C51H31N3S2. The number of fused-ring (bicyclic) bond motifs is 6. The van der Waals surface area contributed by atoms with Gasteiger partial charge in [-0.15, -0.1) is 22.7 Å². The van der Waals surface area contributed by atoms with Crippen LogP contribution in [0.5, 0.6) is 0 Å². The Hall–Kier alpha value is -6.79. The number of thiophene rings is 2. The van der Waals surface area contributed by atoms with E-state index in [2.05, 4.69) is 152 Å². The summed E-state index contributed by atoms with van der Waals surface area (Å²) in [5, 5.41) is 5.03. The lowest BCUT2D eigenvalue weighted by atomic mass is 9.92. The monoisotopic (exact) mass is 749 g/mol. The molecule has 8 aromatic carbocycles. The van der Waals surface area contributed by atoms with Crippen molar-refractivity contribution in [3.63, 3.8) is 0 Å². The molecule has 0 N–H and O–H groups in total. The smallest absolute Gasteiger partial charge is 0.165 e. The van der Waals surface area contributed by atoms with Crippen LogP contribution in [0.2, 0.25) is 0 Å². The van der Waals surface area contributed by atoms with E-state index >= 15 is 0 Å². The van der Waals surface area contributed by atoms with Crippen molar-refractivity contribution < 1.29 is 0 Å². The first-order valence-electron chi connectivity index (χ1n) is 18.7. The average molecular weight is 750 g/mol. The van der Waals surface area contributed by atoms with Crippen molar-refractivity contribution in [3.8, 4) is 67.5 Å². The summed E-state index contributed by atoms with van der Waals surface area (Å²) in [5.41, 5.74) is 10.2. The molecule has 3 nitrogen and oxygen atoms in total. The van der Waals surface area contributed by atoms with E-state index in [9.17, 15) is 0 Å². The number of hydrogen-bond acceptors (Lipinski definition) is 5. The first-order valence-corrected chi connectivity index (χ1v) is 20.3. The molecule has 0 aliphatic rings. The highest BCUT2D eigenvalue weighted by Crippen LogP contribution is 2.48. The number of aromatic nitrogens is 3. The predicted molar refractivity (Wildman–Crippen MR) is 238 cm³/mol. The van der Waals surface area contributed by atoms with Crippen molar-refractivity contribution >= 4 is 63.0 Å². The van der Waals surface area contributed by atoms with Crippen LogP contribution in [0.15, 0.2) is 188 Å². The average Bonchev–Trinajstić information content (AvgIpc) is 3.86. The Bertz CT molecular complexity index is 3180. The van der Waals surface area contributed by atoms with E-state index in [-0.39, 0.29) is 0 Å². The Kier molecular flexibility index (Phi) is 7.87. The van der Waals surface area contributed by atoms with Gasteiger partial charge in [0.25, 0.3) is 0 Å². The Morgan fingerprint density at radius 1 is 0.286 bits per heavy atom. The van der Waals surface area contributed by atoms with Crippen LogP contribution in [0, 0.1) is 0 Å². The van der Waals surface area contributed by atoms with Crippen LogP contribution in [0.4, 0.5) is 0 Å². The minimum Gasteiger partial charge on any atom is -0.208 e. The summed E-state index contributed by atoms with van der Waals surface area (Å²) in [4.78, 5) is 15.2. The van der Waals surface area contributed by atoms with E-state index in [1.807, 2.05) is 59.1 Å². The van der Waals surface area contributed by atoms with Gasteiger partial charge in [-0.05, 0) is 64.2 Å². The standard InChI is InChI=1S/C51H31N3S2/c1-4-15-32(16-5-1)35-21-12-22-36(29-35)37-30-42-38-23-10-11-27-44(38)55-48(42)43(31-37)39-24-14-28-45-46(39)40-25-13-26-41(47(40)56-45)51-53-49(33-17-6-2-7-18-33)52-50(54-51)34-19-8-3-9-20-34/h1-31H. The fraction of sp³-hybridized carbons (Fsp3) is 0. The van der Waals surface area contributed by atoms with E-state index < -0.39 is 0 Å². The van der Waals surface area contributed by atoms with Gasteiger partial charge in [0.1, 0.15) is 0 Å². The fourth-order valence-corrected chi connectivity index (χ4v) is 10.3. The summed E-state index contributed by atoms with van der Waals surface area (Å²) in [6, 6.07) is 66.9. The van der Waals surface area contributed by atoms with Crippen molar-refractivity contribution in [2.24, 2.45) is 0 Å². The summed E-state index contributed by atoms with van der Waals surface area (Å²) in [6.07, 6.45) is 0. The topological polar surface area (TPSA) is 38.7 Å². The molecular weight excluding hydrogens is 719 g/mol. The second-order valence-corrected chi connectivity index (χ2v) is 16.1. The fourth-order valence-electron chi connectivity index (χ4n) is 7.88. The molecule has 0 saturated carbocycles. The van der Waals surface area contributed by atoms with E-state index in [1.54, 1.807) is 0 Å². The zero-order chi connectivity index (χ0) is 37.0. The zero-order valence-electron chi connectivity index (χ0n) is 30.1. The molecule has 0 bridgehead atoms. The third-order valence-electron chi connectivity index (χ3n) is 10.5. The third-order valence-corrected chi connectivity index (χ3v) is 13.0. The molecule has 3 heterocycles. The SMILES string of the molecule is c1ccc(-c2cccc(-c3cc(-c4cccc5sc6c(-c7nc(-c8ccccc8)nc(-c8ccccc8)n7)cccc6c45)c4sc5ccccc5c4c3)c2)cc1. The molecule has 0 aliphatic carbocycles. The van der Waals surface area contributed by atoms with E-state index in [1.165, 1.54) is 73.7 Å². The summed E-state index contributed by atoms with van der Waals surface area (Å²) in [5.74, 6) is 1.99. The van der Waals surface area contributed by atoms with Crippen molar-refractivity contribution in [3.05, 3.63) is 188 Å². The maximum Gasteiger partial charge on any atom is 0.165 e. The van der Waals surface area contributed by atoms with E-state index in [0.29, 0.717) is 17.5 Å². The molecule has 0 radical (unpaired) electrons. The van der Waals surface area contributed by atoms with Gasteiger partial charge in [-0.1, -0.05) is 152 Å². The van der Waals surface area contributed by atoms with Gasteiger partial charge in [-0.3, -0.25) is 0 Å². The molecule has 56 heavy (non-hydrogen) atoms.